The third-order valence-electron chi connectivity index (χ3n) is 3.87. The molecule has 2 aromatic rings. The third-order valence-corrected chi connectivity index (χ3v) is 6.84. The molecule has 0 aliphatic heterocycles. The van der Waals surface area contributed by atoms with Crippen molar-refractivity contribution in [2.24, 2.45) is 0 Å². The summed E-state index contributed by atoms with van der Waals surface area (Å²) in [5.74, 6) is -0.748. The number of esters is 1. The van der Waals surface area contributed by atoms with Crippen LogP contribution in [0.5, 0.6) is 0 Å². The van der Waals surface area contributed by atoms with E-state index in [1.54, 1.807) is 26.0 Å². The molecule has 0 saturated carbocycles. The van der Waals surface area contributed by atoms with Gasteiger partial charge in [-0.2, -0.15) is 4.31 Å². The van der Waals surface area contributed by atoms with Crippen LogP contribution in [0.3, 0.4) is 0 Å². The fourth-order valence-electron chi connectivity index (χ4n) is 2.39. The molecule has 0 fully saturated rings. The Bertz CT molecular complexity index is 944. The van der Waals surface area contributed by atoms with Crippen LogP contribution in [0.2, 0.25) is 15.1 Å². The molecule has 27 heavy (non-hydrogen) atoms. The molecule has 0 aromatic heterocycles. The van der Waals surface area contributed by atoms with Crippen molar-refractivity contribution < 1.29 is 17.9 Å². The number of rotatable bonds is 7. The van der Waals surface area contributed by atoms with Crippen molar-refractivity contribution in [2.45, 2.75) is 25.3 Å². The zero-order valence-corrected chi connectivity index (χ0v) is 17.8. The minimum absolute atomic E-state index is 0.0212. The SMILES string of the molecule is CCN(CC)S(=O)(=O)c1ccc(Cl)c(C(=O)OCc2ccc(Cl)cc2Cl)c1. The molecule has 0 aliphatic rings. The van der Waals surface area contributed by atoms with Gasteiger partial charge in [0.05, 0.1) is 15.5 Å². The van der Waals surface area contributed by atoms with Crippen molar-refractivity contribution in [2.75, 3.05) is 13.1 Å². The van der Waals surface area contributed by atoms with Gasteiger partial charge >= 0.3 is 5.97 Å². The Kier molecular flexibility index (Phi) is 7.54. The first-order valence-electron chi connectivity index (χ1n) is 8.11. The van der Waals surface area contributed by atoms with Crippen LogP contribution < -0.4 is 0 Å². The molecule has 0 unspecified atom stereocenters. The Balaban J connectivity index is 2.26. The van der Waals surface area contributed by atoms with Gasteiger partial charge in [-0.3, -0.25) is 0 Å². The normalized spacial score (nSPS) is 11.6. The second kappa shape index (κ2) is 9.26. The lowest BCUT2D eigenvalue weighted by Crippen LogP contribution is -2.30. The van der Waals surface area contributed by atoms with E-state index >= 15 is 0 Å². The van der Waals surface area contributed by atoms with E-state index in [0.29, 0.717) is 28.7 Å². The van der Waals surface area contributed by atoms with Gasteiger partial charge in [-0.25, -0.2) is 13.2 Å². The molecule has 0 aliphatic carbocycles. The smallest absolute Gasteiger partial charge is 0.340 e. The van der Waals surface area contributed by atoms with E-state index in [2.05, 4.69) is 0 Å². The number of benzene rings is 2. The highest BCUT2D eigenvalue weighted by atomic mass is 35.5. The number of halogens is 3. The summed E-state index contributed by atoms with van der Waals surface area (Å²) in [5.41, 5.74) is 0.535. The summed E-state index contributed by atoms with van der Waals surface area (Å²) in [7, 11) is -3.72. The second-order valence-electron chi connectivity index (χ2n) is 5.54. The first-order chi connectivity index (χ1) is 12.7. The third kappa shape index (κ3) is 5.15. The first-order valence-corrected chi connectivity index (χ1v) is 10.7. The number of carbonyl (C=O) groups is 1. The van der Waals surface area contributed by atoms with Crippen LogP contribution in [-0.4, -0.2) is 31.8 Å². The summed E-state index contributed by atoms with van der Waals surface area (Å²) < 4.78 is 31.8. The molecule has 5 nitrogen and oxygen atoms in total. The Morgan fingerprint density at radius 1 is 1.00 bits per heavy atom. The minimum Gasteiger partial charge on any atom is -0.457 e. The lowest BCUT2D eigenvalue weighted by atomic mass is 10.2. The number of sulfonamides is 1. The predicted molar refractivity (Wildman–Crippen MR) is 107 cm³/mol. The molecule has 0 radical (unpaired) electrons. The van der Waals surface area contributed by atoms with Crippen molar-refractivity contribution in [1.82, 2.24) is 4.31 Å². The molecule has 2 rings (SSSR count). The maximum Gasteiger partial charge on any atom is 0.340 e. The van der Waals surface area contributed by atoms with Crippen molar-refractivity contribution in [3.05, 3.63) is 62.6 Å². The quantitative estimate of drug-likeness (QED) is 0.555. The first kappa shape index (κ1) is 22.0. The standard InChI is InChI=1S/C18H18Cl3NO4S/c1-3-22(4-2)27(24,25)14-7-8-16(20)15(10-14)18(23)26-11-12-5-6-13(19)9-17(12)21/h5-10H,3-4,11H2,1-2H3. The van der Waals surface area contributed by atoms with Crippen LogP contribution >= 0.6 is 34.8 Å². The van der Waals surface area contributed by atoms with E-state index in [4.69, 9.17) is 39.5 Å². The van der Waals surface area contributed by atoms with Gasteiger partial charge in [-0.15, -0.1) is 0 Å². The molecule has 2 aromatic carbocycles. The number of nitrogens with zero attached hydrogens (tertiary/aromatic N) is 1. The molecular formula is C18H18Cl3NO4S. The van der Waals surface area contributed by atoms with E-state index < -0.39 is 16.0 Å². The Hall–Kier alpha value is -1.31. The van der Waals surface area contributed by atoms with Crippen molar-refractivity contribution in [1.29, 1.82) is 0 Å². The van der Waals surface area contributed by atoms with Gasteiger partial charge in [-0.1, -0.05) is 54.7 Å². The fraction of sp³-hybridized carbons (Fsp3) is 0.278. The molecule has 0 amide bonds. The minimum atomic E-state index is -3.72. The maximum absolute atomic E-state index is 12.6. The maximum atomic E-state index is 12.6. The molecule has 0 atom stereocenters. The number of hydrogen-bond donors (Lipinski definition) is 0. The van der Waals surface area contributed by atoms with E-state index in [1.807, 2.05) is 0 Å². The Morgan fingerprint density at radius 2 is 1.67 bits per heavy atom. The van der Waals surface area contributed by atoms with Crippen LogP contribution in [-0.2, 0) is 21.4 Å². The second-order valence-corrected chi connectivity index (χ2v) is 8.73. The summed E-state index contributed by atoms with van der Waals surface area (Å²) in [5, 5.41) is 0.924. The number of ether oxygens (including phenoxy) is 1. The van der Waals surface area contributed by atoms with E-state index in [0.717, 1.165) is 0 Å². The lowest BCUT2D eigenvalue weighted by molar-refractivity contribution is 0.0473. The van der Waals surface area contributed by atoms with Crippen LogP contribution in [0, 0.1) is 0 Å². The summed E-state index contributed by atoms with van der Waals surface area (Å²) >= 11 is 18.0. The van der Waals surface area contributed by atoms with E-state index in [9.17, 15) is 13.2 Å². The van der Waals surface area contributed by atoms with Gasteiger partial charge in [0.1, 0.15) is 6.61 Å². The summed E-state index contributed by atoms with van der Waals surface area (Å²) in [6.45, 7) is 4.01. The summed E-state index contributed by atoms with van der Waals surface area (Å²) in [6.07, 6.45) is 0. The van der Waals surface area contributed by atoms with Crippen LogP contribution in [0.25, 0.3) is 0 Å². The molecule has 0 bridgehead atoms. The van der Waals surface area contributed by atoms with Gasteiger partial charge in [0, 0.05) is 28.7 Å². The van der Waals surface area contributed by atoms with Crippen molar-refractivity contribution in [3.63, 3.8) is 0 Å². The highest BCUT2D eigenvalue weighted by molar-refractivity contribution is 7.89. The predicted octanol–water partition coefficient (Wildman–Crippen LogP) is 5.03. The van der Waals surface area contributed by atoms with Gasteiger partial charge in [0.25, 0.3) is 0 Å². The van der Waals surface area contributed by atoms with Crippen molar-refractivity contribution in [3.8, 4) is 0 Å². The molecule has 0 spiro atoms. The van der Waals surface area contributed by atoms with Gasteiger partial charge in [0.15, 0.2) is 0 Å². The van der Waals surface area contributed by atoms with Gasteiger partial charge < -0.3 is 4.74 Å². The number of carbonyl (C=O) groups excluding carboxylic acids is 1. The molecule has 0 saturated heterocycles. The molecular weight excluding hydrogens is 433 g/mol. The topological polar surface area (TPSA) is 63.7 Å². The highest BCUT2D eigenvalue weighted by Crippen LogP contribution is 2.25. The monoisotopic (exact) mass is 449 g/mol. The Morgan fingerprint density at radius 3 is 2.26 bits per heavy atom. The number of hydrogen-bond acceptors (Lipinski definition) is 4. The summed E-state index contributed by atoms with van der Waals surface area (Å²) in [6, 6.07) is 8.76. The highest BCUT2D eigenvalue weighted by Gasteiger charge is 2.24. The van der Waals surface area contributed by atoms with Gasteiger partial charge in [-0.05, 0) is 30.3 Å². The summed E-state index contributed by atoms with van der Waals surface area (Å²) in [4.78, 5) is 12.4. The van der Waals surface area contributed by atoms with Crippen LogP contribution in [0.15, 0.2) is 41.3 Å². The van der Waals surface area contributed by atoms with Crippen LogP contribution in [0.4, 0.5) is 0 Å². The zero-order chi connectivity index (χ0) is 20.2. The average molecular weight is 451 g/mol. The van der Waals surface area contributed by atoms with Crippen molar-refractivity contribution >= 4 is 50.8 Å². The molecule has 146 valence electrons. The largest absolute Gasteiger partial charge is 0.457 e. The fourth-order valence-corrected chi connectivity index (χ4v) is 4.54. The zero-order valence-electron chi connectivity index (χ0n) is 14.7. The Labute approximate surface area is 173 Å². The molecule has 0 heterocycles. The lowest BCUT2D eigenvalue weighted by Gasteiger charge is -2.19. The van der Waals surface area contributed by atoms with E-state index in [1.165, 1.54) is 28.6 Å². The van der Waals surface area contributed by atoms with Gasteiger partial charge in [0.2, 0.25) is 10.0 Å². The van der Waals surface area contributed by atoms with Crippen LogP contribution in [0.1, 0.15) is 29.8 Å². The average Bonchev–Trinajstić information content (AvgIpc) is 2.61. The molecule has 9 heteroatoms. The molecule has 0 N–H and O–H groups in total. The van der Waals surface area contributed by atoms with E-state index in [-0.39, 0.29) is 22.1 Å².